The van der Waals surface area contributed by atoms with Gasteiger partial charge in [0.25, 0.3) is 11.8 Å². The highest BCUT2D eigenvalue weighted by Crippen LogP contribution is 2.27. The first-order valence-corrected chi connectivity index (χ1v) is 17.2. The standard InChI is InChI=1S/C17H17N5O2S.C11H23F2N.C5H12.CH4OS/c1-11-4-3-5-13(19-11)14-10-25-17(20-14)21-15(23)8-18-16(24)12-6-7-22(2)9-12;1-5-9(3)7-8-10(14-4)11(12,13)6-2;1-4-5(2)3;1-2-3/h3-7,9-10H,8H2,1-2H3,(H,18,24)(H,20,21,23);9-10,14H,5-8H2,1-4H3;5H,4H2,1-3H3;3H,1H3. The van der Waals surface area contributed by atoms with E-state index in [0.29, 0.717) is 28.7 Å². The first-order chi connectivity index (χ1) is 22.2. The highest BCUT2D eigenvalue weighted by Gasteiger charge is 2.36. The second kappa shape index (κ2) is 24.3. The lowest BCUT2D eigenvalue weighted by atomic mass is 9.95. The van der Waals surface area contributed by atoms with E-state index in [4.69, 9.17) is 0 Å². The third kappa shape index (κ3) is 18.9. The molecule has 3 N–H and O–H groups in total. The second-order valence-electron chi connectivity index (χ2n) is 11.5. The fourth-order valence-corrected chi connectivity index (χ4v) is 4.39. The van der Waals surface area contributed by atoms with Crippen LogP contribution in [0, 0.1) is 18.8 Å². The Balaban J connectivity index is 0.000000810. The first-order valence-electron chi connectivity index (χ1n) is 16.0. The van der Waals surface area contributed by atoms with Crippen molar-refractivity contribution in [2.75, 3.05) is 26.0 Å². The minimum absolute atomic E-state index is 0.0843. The fraction of sp³-hybridized carbons (Fsp3) is 0.588. The number of aryl methyl sites for hydroxylation is 2. The number of thiol groups is 1. The van der Waals surface area contributed by atoms with E-state index in [9.17, 15) is 18.4 Å². The van der Waals surface area contributed by atoms with Gasteiger partial charge in [0.15, 0.2) is 5.13 Å². The Kier molecular flexibility index (Phi) is 22.8. The van der Waals surface area contributed by atoms with Crippen molar-refractivity contribution in [3.8, 4) is 11.4 Å². The molecule has 3 heterocycles. The number of hydrogen-bond acceptors (Lipinski definition) is 8. The maximum atomic E-state index is 13.3. The molecule has 2 unspecified atom stereocenters. The molecule has 3 aromatic rings. The van der Waals surface area contributed by atoms with Crippen LogP contribution in [0.4, 0.5) is 13.9 Å². The van der Waals surface area contributed by atoms with Gasteiger partial charge in [-0.25, -0.2) is 13.8 Å². The number of carbonyl (C=O) groups is 2. The Morgan fingerprint density at radius 1 is 1.06 bits per heavy atom. The molecule has 0 spiro atoms. The number of anilines is 1. The zero-order valence-corrected chi connectivity index (χ0v) is 31.4. The van der Waals surface area contributed by atoms with Crippen molar-refractivity contribution in [1.82, 2.24) is 25.2 Å². The van der Waals surface area contributed by atoms with Gasteiger partial charge in [-0.3, -0.25) is 14.6 Å². The Bertz CT molecular complexity index is 1290. The van der Waals surface area contributed by atoms with E-state index in [1.807, 2.05) is 37.6 Å². The number of thiazole rings is 1. The third-order valence-electron chi connectivity index (χ3n) is 7.20. The van der Waals surface area contributed by atoms with Crippen LogP contribution in [0.2, 0.25) is 0 Å². The lowest BCUT2D eigenvalue weighted by Gasteiger charge is -2.26. The number of nitrogens with one attached hydrogen (secondary N) is 3. The van der Waals surface area contributed by atoms with Gasteiger partial charge in [-0.05, 0) is 69.8 Å². The third-order valence-corrected chi connectivity index (χ3v) is 7.95. The number of halogens is 2. The van der Waals surface area contributed by atoms with Crippen LogP contribution in [0.1, 0.15) is 89.7 Å². The number of alkyl halides is 2. The van der Waals surface area contributed by atoms with E-state index in [1.165, 1.54) is 31.8 Å². The lowest BCUT2D eigenvalue weighted by molar-refractivity contribution is -0.115. The van der Waals surface area contributed by atoms with Crippen LogP contribution in [0.3, 0.4) is 0 Å². The minimum Gasteiger partial charge on any atom is -0.356 e. The van der Waals surface area contributed by atoms with Gasteiger partial charge in [0.1, 0.15) is 5.69 Å². The van der Waals surface area contributed by atoms with Gasteiger partial charge in [0, 0.05) is 44.0 Å². The Morgan fingerprint density at radius 2 is 1.70 bits per heavy atom. The lowest BCUT2D eigenvalue weighted by Crippen LogP contribution is -2.42. The van der Waals surface area contributed by atoms with Crippen molar-refractivity contribution in [1.29, 1.82) is 0 Å². The molecule has 266 valence electrons. The van der Waals surface area contributed by atoms with Crippen LogP contribution < -0.4 is 16.0 Å². The topological polar surface area (TPSA) is 110 Å². The Hall–Kier alpha value is -2.87. The monoisotopic (exact) mass is 698 g/mol. The largest absolute Gasteiger partial charge is 0.356 e. The average molecular weight is 699 g/mol. The summed E-state index contributed by atoms with van der Waals surface area (Å²) in [6, 6.07) is 6.71. The van der Waals surface area contributed by atoms with E-state index in [0.717, 1.165) is 30.1 Å². The van der Waals surface area contributed by atoms with Gasteiger partial charge in [-0.2, -0.15) is 0 Å². The Morgan fingerprint density at radius 3 is 2.19 bits per heavy atom. The summed E-state index contributed by atoms with van der Waals surface area (Å²) in [5.41, 5.74) is 2.88. The predicted molar refractivity (Wildman–Crippen MR) is 194 cm³/mol. The summed E-state index contributed by atoms with van der Waals surface area (Å²) in [5.74, 6) is -1.77. The number of rotatable bonds is 13. The quantitative estimate of drug-likeness (QED) is 0.106. The van der Waals surface area contributed by atoms with Crippen molar-refractivity contribution < 1.29 is 22.6 Å². The summed E-state index contributed by atoms with van der Waals surface area (Å²) >= 11 is 4.60. The minimum atomic E-state index is -2.57. The van der Waals surface area contributed by atoms with Gasteiger partial charge in [-0.1, -0.05) is 60.5 Å². The molecule has 0 radical (unpaired) electrons. The van der Waals surface area contributed by atoms with Crippen molar-refractivity contribution in [3.63, 3.8) is 0 Å². The maximum Gasteiger partial charge on any atom is 0.262 e. The predicted octanol–water partition coefficient (Wildman–Crippen LogP) is 8.20. The van der Waals surface area contributed by atoms with Crippen LogP contribution in [-0.4, -0.2) is 59.0 Å². The highest BCUT2D eigenvalue weighted by atomic mass is 32.1. The van der Waals surface area contributed by atoms with Crippen LogP contribution in [0.5, 0.6) is 0 Å². The molecule has 13 heteroatoms. The second-order valence-corrected chi connectivity index (χ2v) is 12.8. The Labute approximate surface area is 290 Å². The normalized spacial score (nSPS) is 12.0. The molecule has 2 atom stereocenters. The first kappa shape index (κ1) is 44.1. The number of amides is 2. The summed E-state index contributed by atoms with van der Waals surface area (Å²) in [7, 11) is 4.93. The van der Waals surface area contributed by atoms with Gasteiger partial charge in [0.2, 0.25) is 5.91 Å². The van der Waals surface area contributed by atoms with Crippen LogP contribution in [0.25, 0.3) is 11.4 Å². The molecular weight excluding hydrogens is 643 g/mol. The number of hydrogen-bond donors (Lipinski definition) is 4. The number of pyridine rings is 1. The van der Waals surface area contributed by atoms with E-state index in [1.54, 1.807) is 30.1 Å². The molecule has 0 saturated carbocycles. The molecule has 0 bridgehead atoms. The van der Waals surface area contributed by atoms with E-state index in [-0.39, 0.29) is 24.8 Å². The summed E-state index contributed by atoms with van der Waals surface area (Å²) < 4.78 is 32.3. The number of aromatic nitrogens is 3. The zero-order valence-electron chi connectivity index (χ0n) is 29.7. The van der Waals surface area contributed by atoms with Gasteiger partial charge in [0.05, 0.1) is 23.8 Å². The van der Waals surface area contributed by atoms with Gasteiger partial charge in [-0.15, -0.1) is 11.3 Å². The van der Waals surface area contributed by atoms with Crippen LogP contribution in [-0.2, 0) is 16.0 Å². The molecule has 0 aliphatic heterocycles. The molecule has 0 fully saturated rings. The molecule has 2 amide bonds. The van der Waals surface area contributed by atoms with Gasteiger partial charge < -0.3 is 24.7 Å². The molecule has 9 nitrogen and oxygen atoms in total. The smallest absolute Gasteiger partial charge is 0.262 e. The molecule has 0 aromatic carbocycles. The molecule has 3 rings (SSSR count). The summed E-state index contributed by atoms with van der Waals surface area (Å²) in [6.07, 6.45) is 7.18. The maximum absolute atomic E-state index is 13.3. The molecular formula is C34H56F2N6O3S2. The summed E-state index contributed by atoms with van der Waals surface area (Å²) in [6.45, 7) is 14.2. The SMILES string of the molecule is CCC(C)C.CCC(C)CCC(NC)C(F)(F)CC.COS.Cc1cccc(-c2csc(NC(=O)CNC(=O)c3ccn(C)c3)n2)n1. The van der Waals surface area contributed by atoms with E-state index >= 15 is 0 Å². The van der Waals surface area contributed by atoms with Crippen LogP contribution >= 0.6 is 24.2 Å². The van der Waals surface area contributed by atoms with Crippen LogP contribution in [0.15, 0.2) is 42.0 Å². The average Bonchev–Trinajstić information content (AvgIpc) is 3.70. The molecule has 0 aliphatic carbocycles. The molecule has 47 heavy (non-hydrogen) atoms. The number of nitrogens with zero attached hydrogens (tertiary/aromatic N) is 3. The summed E-state index contributed by atoms with van der Waals surface area (Å²) in [5, 5.41) is 10.3. The van der Waals surface area contributed by atoms with Crippen molar-refractivity contribution >= 4 is 41.2 Å². The van der Waals surface area contributed by atoms with E-state index in [2.05, 4.69) is 77.6 Å². The molecule has 3 aromatic heterocycles. The van der Waals surface area contributed by atoms with Crippen molar-refractivity contribution in [2.24, 2.45) is 18.9 Å². The van der Waals surface area contributed by atoms with Crippen molar-refractivity contribution in [3.05, 3.63) is 53.3 Å². The zero-order chi connectivity index (χ0) is 36.0. The highest BCUT2D eigenvalue weighted by molar-refractivity contribution is 7.75. The summed E-state index contributed by atoms with van der Waals surface area (Å²) in [4.78, 5) is 32.6. The van der Waals surface area contributed by atoms with E-state index < -0.39 is 12.0 Å². The van der Waals surface area contributed by atoms with Crippen molar-refractivity contribution in [2.45, 2.75) is 92.5 Å². The van der Waals surface area contributed by atoms with Gasteiger partial charge >= 0.3 is 0 Å². The fourth-order valence-electron chi connectivity index (χ4n) is 3.67. The molecule has 0 saturated heterocycles. The molecule has 0 aliphatic rings. The number of carbonyl (C=O) groups excluding carboxylic acids is 2.